The van der Waals surface area contributed by atoms with Crippen LogP contribution in [0.1, 0.15) is 25.2 Å². The van der Waals surface area contributed by atoms with E-state index in [1.165, 1.54) is 35.3 Å². The van der Waals surface area contributed by atoms with Gasteiger partial charge >= 0.3 is 6.18 Å². The summed E-state index contributed by atoms with van der Waals surface area (Å²) in [6, 6.07) is 2.80. The third-order valence-electron chi connectivity index (χ3n) is 4.66. The lowest BCUT2D eigenvalue weighted by Crippen LogP contribution is -2.47. The van der Waals surface area contributed by atoms with Gasteiger partial charge < -0.3 is 15.0 Å². The second-order valence-corrected chi connectivity index (χ2v) is 7.97. The molecule has 1 amide bonds. The van der Waals surface area contributed by atoms with Gasteiger partial charge in [0.15, 0.2) is 10.6 Å². The maximum atomic E-state index is 13.6. The van der Waals surface area contributed by atoms with Crippen molar-refractivity contribution < 1.29 is 23.1 Å². The maximum absolute atomic E-state index is 13.6. The Kier molecular flexibility index (Phi) is 6.15. The summed E-state index contributed by atoms with van der Waals surface area (Å²) in [5, 5.41) is 21.4. The molecule has 8 nitrogen and oxygen atoms in total. The number of carbonyl (C=O) groups excluding carboxylic acids is 1. The first-order chi connectivity index (χ1) is 14.1. The van der Waals surface area contributed by atoms with Gasteiger partial charge in [0.05, 0.1) is 4.88 Å². The molecule has 162 valence electrons. The van der Waals surface area contributed by atoms with Gasteiger partial charge in [-0.2, -0.15) is 18.3 Å². The number of aliphatic hydroxyl groups is 1. The predicted molar refractivity (Wildman–Crippen MR) is 106 cm³/mol. The number of hydrogen-bond donors (Lipinski definition) is 3. The van der Waals surface area contributed by atoms with Crippen LogP contribution in [-0.4, -0.2) is 48.1 Å². The summed E-state index contributed by atoms with van der Waals surface area (Å²) in [7, 11) is 1.35. The van der Waals surface area contributed by atoms with Gasteiger partial charge in [-0.25, -0.2) is 4.98 Å². The quantitative estimate of drug-likeness (QED) is 0.471. The molecule has 0 fully saturated rings. The summed E-state index contributed by atoms with van der Waals surface area (Å²) in [4.78, 5) is 17.0. The van der Waals surface area contributed by atoms with Crippen molar-refractivity contribution in [3.05, 3.63) is 40.5 Å². The minimum absolute atomic E-state index is 0.209. The highest BCUT2D eigenvalue weighted by molar-refractivity contribution is 7.71. The Hall–Kier alpha value is -2.51. The third-order valence-corrected chi connectivity index (χ3v) is 5.81. The number of nitrogens with one attached hydrogen (secondary N) is 2. The Morgan fingerprint density at radius 2 is 2.20 bits per heavy atom. The van der Waals surface area contributed by atoms with Gasteiger partial charge in [0.2, 0.25) is 11.5 Å². The average molecular weight is 461 g/mol. The molecule has 2 atom stereocenters. The normalized spacial score (nSPS) is 15.0. The zero-order valence-corrected chi connectivity index (χ0v) is 17.6. The molecule has 3 N–H and O–H groups in total. The number of thiophene rings is 1. The topological polar surface area (TPSA) is 101 Å². The van der Waals surface area contributed by atoms with Crippen LogP contribution in [-0.2, 0) is 17.4 Å². The largest absolute Gasteiger partial charge is 0.424 e. The number of alkyl halides is 3. The first-order valence-corrected chi connectivity index (χ1v) is 10.1. The van der Waals surface area contributed by atoms with E-state index in [9.17, 15) is 23.1 Å². The number of aryl methyl sites for hydroxylation is 1. The van der Waals surface area contributed by atoms with Gasteiger partial charge in [-0.1, -0.05) is 6.07 Å². The molecule has 0 aromatic carbocycles. The van der Waals surface area contributed by atoms with Crippen LogP contribution in [0.2, 0.25) is 0 Å². The maximum Gasteiger partial charge on any atom is 0.424 e. The van der Waals surface area contributed by atoms with Gasteiger partial charge in [-0.05, 0) is 30.6 Å². The summed E-state index contributed by atoms with van der Waals surface area (Å²) >= 11 is 6.61. The zero-order chi connectivity index (χ0) is 22.1. The molecule has 0 bridgehead atoms. The van der Waals surface area contributed by atoms with Gasteiger partial charge in [0.1, 0.15) is 11.9 Å². The van der Waals surface area contributed by atoms with Gasteiger partial charge in [-0.3, -0.25) is 14.5 Å². The molecule has 30 heavy (non-hydrogen) atoms. The minimum atomic E-state index is -4.97. The number of carbonyl (C=O) groups is 1. The van der Waals surface area contributed by atoms with Crippen LogP contribution in [0, 0.1) is 4.77 Å². The Bertz CT molecular complexity index is 1070. The van der Waals surface area contributed by atoms with E-state index in [0.717, 1.165) is 9.44 Å². The first-order valence-electron chi connectivity index (χ1n) is 8.81. The smallest absolute Gasteiger partial charge is 0.374 e. The van der Waals surface area contributed by atoms with Crippen LogP contribution in [0.3, 0.4) is 0 Å². The Morgan fingerprint density at radius 1 is 1.47 bits per heavy atom. The highest BCUT2D eigenvalue weighted by atomic mass is 32.1. The molecule has 3 heterocycles. The average Bonchev–Trinajstić information content (AvgIpc) is 3.40. The van der Waals surface area contributed by atoms with Crippen molar-refractivity contribution in [3.8, 4) is 10.7 Å². The van der Waals surface area contributed by atoms with Crippen molar-refractivity contribution in [2.24, 2.45) is 7.05 Å². The molecule has 0 aliphatic heterocycles. The van der Waals surface area contributed by atoms with Crippen molar-refractivity contribution in [2.45, 2.75) is 31.2 Å². The van der Waals surface area contributed by atoms with Gasteiger partial charge in [-0.15, -0.1) is 11.3 Å². The summed E-state index contributed by atoms with van der Waals surface area (Å²) in [5.41, 5.74) is -3.20. The Labute approximate surface area is 178 Å². The van der Waals surface area contributed by atoms with E-state index in [1.807, 2.05) is 17.5 Å². The zero-order valence-electron chi connectivity index (χ0n) is 16.0. The number of aromatic amines is 1. The van der Waals surface area contributed by atoms with E-state index in [2.05, 4.69) is 20.5 Å². The number of H-pyrrole nitrogens is 1. The molecule has 3 aromatic rings. The van der Waals surface area contributed by atoms with E-state index >= 15 is 0 Å². The number of amides is 1. The molecule has 3 rings (SSSR count). The highest BCUT2D eigenvalue weighted by Crippen LogP contribution is 2.40. The number of rotatable bonds is 7. The lowest BCUT2D eigenvalue weighted by Gasteiger charge is -2.30. The summed E-state index contributed by atoms with van der Waals surface area (Å²) in [5.74, 6) is -0.651. The van der Waals surface area contributed by atoms with Crippen LogP contribution in [0.4, 0.5) is 13.2 Å². The molecule has 0 saturated heterocycles. The number of hydrogen-bond acceptors (Lipinski definition) is 6. The predicted octanol–water partition coefficient (Wildman–Crippen LogP) is 2.92. The molecule has 0 aliphatic carbocycles. The van der Waals surface area contributed by atoms with Crippen molar-refractivity contribution in [1.29, 1.82) is 0 Å². The van der Waals surface area contributed by atoms with Gasteiger partial charge in [0.25, 0.3) is 0 Å². The number of aromatic nitrogens is 5. The monoisotopic (exact) mass is 460 g/mol. The first kappa shape index (κ1) is 22.2. The van der Waals surface area contributed by atoms with Crippen molar-refractivity contribution in [1.82, 2.24) is 29.6 Å². The lowest BCUT2D eigenvalue weighted by molar-refractivity contribution is -0.272. The molecule has 0 spiro atoms. The van der Waals surface area contributed by atoms with Crippen LogP contribution in [0.15, 0.2) is 29.9 Å². The molecule has 3 aromatic heterocycles. The number of imidazole rings is 1. The van der Waals surface area contributed by atoms with Gasteiger partial charge in [0, 0.05) is 32.4 Å². The fourth-order valence-corrected chi connectivity index (χ4v) is 4.02. The fourth-order valence-electron chi connectivity index (χ4n) is 3.02. The van der Waals surface area contributed by atoms with Crippen LogP contribution < -0.4 is 5.32 Å². The van der Waals surface area contributed by atoms with E-state index < -0.39 is 42.5 Å². The van der Waals surface area contributed by atoms with E-state index in [-0.39, 0.29) is 4.77 Å². The highest BCUT2D eigenvalue weighted by Gasteiger charge is 2.57. The minimum Gasteiger partial charge on any atom is -0.374 e. The van der Waals surface area contributed by atoms with Crippen LogP contribution >= 0.6 is 23.6 Å². The Morgan fingerprint density at radius 3 is 2.77 bits per heavy atom. The second kappa shape index (κ2) is 8.32. The standard InChI is InChI=1S/C17H19F3N6O2S2/c1-10(26-12(23-24-15(26)29)11-4-3-9-30-11)13(27)21-6-5-16(28,17(18,19)20)14-22-7-8-25(14)2/h3-4,7-10,28H,5-6H2,1-2H3,(H,21,27)(H,24,29). The summed E-state index contributed by atoms with van der Waals surface area (Å²) in [6.07, 6.45) is -3.30. The number of halogens is 3. The lowest BCUT2D eigenvalue weighted by atomic mass is 9.97. The molecule has 2 unspecified atom stereocenters. The van der Waals surface area contributed by atoms with Crippen molar-refractivity contribution in [3.63, 3.8) is 0 Å². The molecule has 0 saturated carbocycles. The third kappa shape index (κ3) is 4.04. The van der Waals surface area contributed by atoms with Crippen LogP contribution in [0.25, 0.3) is 10.7 Å². The van der Waals surface area contributed by atoms with E-state index in [0.29, 0.717) is 5.82 Å². The van der Waals surface area contributed by atoms with Crippen LogP contribution in [0.5, 0.6) is 0 Å². The molecule has 0 radical (unpaired) electrons. The second-order valence-electron chi connectivity index (χ2n) is 6.64. The molecular formula is C17H19F3N6O2S2. The number of nitrogens with zero attached hydrogens (tertiary/aromatic N) is 4. The van der Waals surface area contributed by atoms with Crippen molar-refractivity contribution in [2.75, 3.05) is 6.54 Å². The van der Waals surface area contributed by atoms with E-state index in [4.69, 9.17) is 12.2 Å². The molecular weight excluding hydrogens is 441 g/mol. The summed E-state index contributed by atoms with van der Waals surface area (Å²) in [6.45, 7) is 1.14. The van der Waals surface area contributed by atoms with E-state index in [1.54, 1.807) is 6.92 Å². The van der Waals surface area contributed by atoms with Crippen molar-refractivity contribution >= 4 is 29.5 Å². The fraction of sp³-hybridized carbons (Fsp3) is 0.412. The summed E-state index contributed by atoms with van der Waals surface area (Å²) < 4.78 is 43.5. The molecule has 13 heteroatoms. The molecule has 0 aliphatic rings. The Balaban J connectivity index is 1.74. The SMILES string of the molecule is CC(C(=O)NCCC(O)(c1nccn1C)C(F)(F)F)n1c(-c2cccs2)n[nH]c1=S.